The molecule has 2 saturated heterocycles. The molecule has 0 saturated carbocycles. The van der Waals surface area contributed by atoms with E-state index in [0.29, 0.717) is 31.8 Å². The summed E-state index contributed by atoms with van der Waals surface area (Å²) in [5.74, 6) is 0.319. The Morgan fingerprint density at radius 3 is 2.63 bits per heavy atom. The summed E-state index contributed by atoms with van der Waals surface area (Å²) in [7, 11) is 0. The maximum absolute atomic E-state index is 12.1. The summed E-state index contributed by atoms with van der Waals surface area (Å²) in [5.41, 5.74) is 0.0836. The second-order valence-corrected chi connectivity index (χ2v) is 8.63. The fourth-order valence-corrected chi connectivity index (χ4v) is 4.28. The van der Waals surface area contributed by atoms with Crippen LogP contribution in [0, 0.1) is 11.3 Å². The molecule has 0 aromatic carbocycles. The van der Waals surface area contributed by atoms with Gasteiger partial charge in [-0.05, 0) is 62.7 Å². The number of hydrogen-bond donors (Lipinski definition) is 2. The normalized spacial score (nSPS) is 26.7. The average Bonchev–Trinajstić information content (AvgIpc) is 3.14. The van der Waals surface area contributed by atoms with Crippen LogP contribution in [0.4, 0.5) is 5.82 Å². The minimum absolute atomic E-state index is 0.314. The van der Waals surface area contributed by atoms with Crippen LogP contribution < -0.4 is 4.90 Å². The molecule has 3 rings (SSSR count). The molecule has 0 aliphatic carbocycles. The first-order valence-corrected chi connectivity index (χ1v) is 10.2. The standard InChI is InChI=1S/C21H33N3O3/c1-16(2)7-9-21(20(26)27)15-24(12-8-18(21)25)19-6-5-17(13-22-19)14-23-10-3-4-11-23/h5-6,13,16,18,25H,3-4,7-12,14-15H2,1-2H3,(H,26,27)/t18-,21-/m1/s1. The summed E-state index contributed by atoms with van der Waals surface area (Å²) in [6, 6.07) is 4.10. The van der Waals surface area contributed by atoms with Crippen LogP contribution in [0.5, 0.6) is 0 Å². The van der Waals surface area contributed by atoms with E-state index >= 15 is 0 Å². The van der Waals surface area contributed by atoms with Gasteiger partial charge in [-0.2, -0.15) is 0 Å². The number of carboxylic acid groups (broad SMARTS) is 1. The summed E-state index contributed by atoms with van der Waals surface area (Å²) >= 11 is 0. The second-order valence-electron chi connectivity index (χ2n) is 8.63. The predicted molar refractivity (Wildman–Crippen MR) is 106 cm³/mol. The maximum Gasteiger partial charge on any atom is 0.314 e. The van der Waals surface area contributed by atoms with Gasteiger partial charge in [-0.25, -0.2) is 4.98 Å². The fourth-order valence-electron chi connectivity index (χ4n) is 4.28. The Hall–Kier alpha value is -1.66. The highest BCUT2D eigenvalue weighted by molar-refractivity contribution is 5.77. The van der Waals surface area contributed by atoms with Crippen LogP contribution in [0.25, 0.3) is 0 Å². The van der Waals surface area contributed by atoms with E-state index in [9.17, 15) is 15.0 Å². The Bertz CT molecular complexity index is 628. The number of piperidine rings is 1. The van der Waals surface area contributed by atoms with Crippen LogP contribution in [-0.2, 0) is 11.3 Å². The molecule has 27 heavy (non-hydrogen) atoms. The van der Waals surface area contributed by atoms with Crippen molar-refractivity contribution in [1.29, 1.82) is 0 Å². The number of aliphatic hydroxyl groups excluding tert-OH is 1. The van der Waals surface area contributed by atoms with E-state index in [0.717, 1.165) is 31.9 Å². The van der Waals surface area contributed by atoms with E-state index in [1.807, 2.05) is 17.2 Å². The van der Waals surface area contributed by atoms with Gasteiger partial charge in [0.15, 0.2) is 0 Å². The number of anilines is 1. The highest BCUT2D eigenvalue weighted by Crippen LogP contribution is 2.38. The second kappa shape index (κ2) is 8.57. The summed E-state index contributed by atoms with van der Waals surface area (Å²) in [6.45, 7) is 8.36. The lowest BCUT2D eigenvalue weighted by atomic mass is 9.73. The number of aliphatic hydroxyl groups is 1. The number of aliphatic carboxylic acids is 1. The van der Waals surface area contributed by atoms with Gasteiger partial charge in [-0.1, -0.05) is 19.9 Å². The molecule has 150 valence electrons. The Balaban J connectivity index is 1.71. The highest BCUT2D eigenvalue weighted by atomic mass is 16.4. The van der Waals surface area contributed by atoms with Crippen LogP contribution in [-0.4, -0.2) is 58.3 Å². The van der Waals surface area contributed by atoms with Crippen molar-refractivity contribution in [1.82, 2.24) is 9.88 Å². The van der Waals surface area contributed by atoms with Gasteiger partial charge < -0.3 is 15.1 Å². The van der Waals surface area contributed by atoms with E-state index in [2.05, 4.69) is 29.8 Å². The zero-order valence-electron chi connectivity index (χ0n) is 16.6. The summed E-state index contributed by atoms with van der Waals surface area (Å²) in [4.78, 5) is 21.2. The van der Waals surface area contributed by atoms with Gasteiger partial charge in [0.1, 0.15) is 11.2 Å². The zero-order valence-corrected chi connectivity index (χ0v) is 16.6. The number of carbonyl (C=O) groups is 1. The third-order valence-corrected chi connectivity index (χ3v) is 6.12. The molecular weight excluding hydrogens is 342 g/mol. The van der Waals surface area contributed by atoms with Crippen molar-refractivity contribution in [2.75, 3.05) is 31.1 Å². The third kappa shape index (κ3) is 4.61. The lowest BCUT2D eigenvalue weighted by molar-refractivity contribution is -0.158. The first-order valence-electron chi connectivity index (χ1n) is 10.2. The number of carboxylic acids is 1. The average molecular weight is 376 g/mol. The monoisotopic (exact) mass is 375 g/mol. The van der Waals surface area contributed by atoms with E-state index in [1.165, 1.54) is 18.4 Å². The largest absolute Gasteiger partial charge is 0.481 e. The van der Waals surface area contributed by atoms with Gasteiger partial charge in [0.2, 0.25) is 0 Å². The molecule has 0 amide bonds. The minimum Gasteiger partial charge on any atom is -0.481 e. The zero-order chi connectivity index (χ0) is 19.4. The Morgan fingerprint density at radius 2 is 2.04 bits per heavy atom. The van der Waals surface area contributed by atoms with Gasteiger partial charge in [0.25, 0.3) is 0 Å². The molecule has 2 aliphatic heterocycles. The van der Waals surface area contributed by atoms with Crippen molar-refractivity contribution in [2.24, 2.45) is 11.3 Å². The van der Waals surface area contributed by atoms with Crippen LogP contribution in [0.1, 0.15) is 51.5 Å². The molecule has 0 radical (unpaired) electrons. The quantitative estimate of drug-likeness (QED) is 0.763. The lowest BCUT2D eigenvalue weighted by Crippen LogP contribution is -2.56. The molecule has 0 unspecified atom stereocenters. The maximum atomic E-state index is 12.1. The Kier molecular flexibility index (Phi) is 6.37. The number of pyridine rings is 1. The molecule has 2 N–H and O–H groups in total. The molecule has 2 aliphatic rings. The molecule has 2 fully saturated rings. The molecule has 1 aromatic rings. The third-order valence-electron chi connectivity index (χ3n) is 6.12. The van der Waals surface area contributed by atoms with E-state index in [1.54, 1.807) is 0 Å². The van der Waals surface area contributed by atoms with Crippen LogP contribution in [0.3, 0.4) is 0 Å². The molecule has 0 bridgehead atoms. The molecule has 0 spiro atoms. The van der Waals surface area contributed by atoms with Crippen molar-refractivity contribution in [3.63, 3.8) is 0 Å². The van der Waals surface area contributed by atoms with Crippen LogP contribution in [0.2, 0.25) is 0 Å². The number of nitrogens with zero attached hydrogens (tertiary/aromatic N) is 3. The summed E-state index contributed by atoms with van der Waals surface area (Å²) < 4.78 is 0. The number of likely N-dealkylation sites (tertiary alicyclic amines) is 1. The summed E-state index contributed by atoms with van der Waals surface area (Å²) in [6.07, 6.45) is 5.39. The Labute approximate surface area is 162 Å². The highest BCUT2D eigenvalue weighted by Gasteiger charge is 2.49. The van der Waals surface area contributed by atoms with Gasteiger partial charge in [0, 0.05) is 25.8 Å². The van der Waals surface area contributed by atoms with Crippen LogP contribution >= 0.6 is 0 Å². The van der Waals surface area contributed by atoms with E-state index < -0.39 is 17.5 Å². The number of rotatable bonds is 7. The van der Waals surface area contributed by atoms with Crippen LogP contribution in [0.15, 0.2) is 18.3 Å². The molecule has 1 aromatic heterocycles. The fraction of sp³-hybridized carbons (Fsp3) is 0.714. The van der Waals surface area contributed by atoms with Gasteiger partial charge >= 0.3 is 5.97 Å². The van der Waals surface area contributed by atoms with Gasteiger partial charge in [-0.3, -0.25) is 9.69 Å². The molecule has 2 atom stereocenters. The van der Waals surface area contributed by atoms with Crippen molar-refractivity contribution in [2.45, 2.75) is 58.6 Å². The number of hydrogen-bond acceptors (Lipinski definition) is 5. The predicted octanol–water partition coefficient (Wildman–Crippen LogP) is 2.76. The first kappa shape index (κ1) is 20.1. The van der Waals surface area contributed by atoms with E-state index in [-0.39, 0.29) is 0 Å². The van der Waals surface area contributed by atoms with Crippen molar-refractivity contribution in [3.05, 3.63) is 23.9 Å². The van der Waals surface area contributed by atoms with Crippen molar-refractivity contribution in [3.8, 4) is 0 Å². The van der Waals surface area contributed by atoms with Crippen molar-refractivity contribution >= 4 is 11.8 Å². The molecule has 6 nitrogen and oxygen atoms in total. The Morgan fingerprint density at radius 1 is 1.30 bits per heavy atom. The lowest BCUT2D eigenvalue weighted by Gasteiger charge is -2.44. The topological polar surface area (TPSA) is 76.9 Å². The van der Waals surface area contributed by atoms with E-state index in [4.69, 9.17) is 0 Å². The van der Waals surface area contributed by atoms with Gasteiger partial charge in [0.05, 0.1) is 6.10 Å². The molecule has 3 heterocycles. The minimum atomic E-state index is -1.11. The first-order chi connectivity index (χ1) is 12.9. The molecular formula is C21H33N3O3. The van der Waals surface area contributed by atoms with Gasteiger partial charge in [-0.15, -0.1) is 0 Å². The van der Waals surface area contributed by atoms with Crippen molar-refractivity contribution < 1.29 is 15.0 Å². The molecule has 6 heteroatoms. The SMILES string of the molecule is CC(C)CC[C@@]1(C(=O)O)CN(c2ccc(CN3CCCC3)cn2)CC[C@H]1O. The summed E-state index contributed by atoms with van der Waals surface area (Å²) in [5, 5.41) is 20.5. The smallest absolute Gasteiger partial charge is 0.314 e. The number of aromatic nitrogens is 1.